The second-order valence-electron chi connectivity index (χ2n) is 5.70. The van der Waals surface area contributed by atoms with Crippen molar-refractivity contribution in [3.05, 3.63) is 35.5 Å². The number of hydrogen-bond donors (Lipinski definition) is 1. The van der Waals surface area contributed by atoms with Crippen LogP contribution in [0.2, 0.25) is 0 Å². The molecule has 1 N–H and O–H groups in total. The van der Waals surface area contributed by atoms with Crippen molar-refractivity contribution >= 4 is 39.7 Å². The largest absolute Gasteiger partial charge is 0.453 e. The van der Waals surface area contributed by atoms with Crippen LogP contribution in [0.15, 0.2) is 24.3 Å². The minimum atomic E-state index is -0.902. The Morgan fingerprint density at radius 2 is 2.12 bits per heavy atom. The number of nitrogens with zero attached hydrogens (tertiary/aromatic N) is 1. The Morgan fingerprint density at radius 1 is 1.38 bits per heavy atom. The molecule has 2 heterocycles. The number of H-pyrrole nitrogens is 1. The number of aromatic amines is 1. The summed E-state index contributed by atoms with van der Waals surface area (Å²) in [6.45, 7) is 3.79. The van der Waals surface area contributed by atoms with E-state index in [2.05, 4.69) is 4.98 Å². The highest BCUT2D eigenvalue weighted by atomic mass is 32.2. The number of ketones is 1. The topological polar surface area (TPSA) is 79.5 Å². The van der Waals surface area contributed by atoms with E-state index in [1.807, 2.05) is 31.2 Å². The van der Waals surface area contributed by atoms with Crippen LogP contribution >= 0.6 is 11.8 Å². The molecule has 3 rings (SSSR count). The van der Waals surface area contributed by atoms with Gasteiger partial charge in [-0.05, 0) is 19.9 Å². The molecule has 1 saturated heterocycles. The van der Waals surface area contributed by atoms with Gasteiger partial charge in [0.1, 0.15) is 6.54 Å². The summed E-state index contributed by atoms with van der Waals surface area (Å²) < 4.78 is 5.24. The number of aromatic nitrogens is 1. The Morgan fingerprint density at radius 3 is 2.83 bits per heavy atom. The number of thioether (sulfide) groups is 1. The molecule has 0 aliphatic carbocycles. The van der Waals surface area contributed by atoms with E-state index in [0.29, 0.717) is 17.9 Å². The fourth-order valence-corrected chi connectivity index (χ4v) is 3.64. The van der Waals surface area contributed by atoms with Gasteiger partial charge < -0.3 is 14.6 Å². The maximum atomic E-state index is 12.7. The average Bonchev–Trinajstić information content (AvgIpc) is 3.09. The quantitative estimate of drug-likeness (QED) is 0.665. The second kappa shape index (κ2) is 6.68. The van der Waals surface area contributed by atoms with E-state index in [4.69, 9.17) is 4.74 Å². The number of rotatable bonds is 5. The lowest BCUT2D eigenvalue weighted by Gasteiger charge is -2.16. The third-order valence-corrected chi connectivity index (χ3v) is 4.87. The Balaban J connectivity index is 1.71. The molecule has 7 heteroatoms. The van der Waals surface area contributed by atoms with E-state index in [1.54, 1.807) is 6.92 Å². The highest BCUT2D eigenvalue weighted by Gasteiger charge is 2.27. The van der Waals surface area contributed by atoms with Gasteiger partial charge >= 0.3 is 5.97 Å². The van der Waals surface area contributed by atoms with E-state index < -0.39 is 12.1 Å². The molecule has 0 radical (unpaired) electrons. The van der Waals surface area contributed by atoms with E-state index in [9.17, 15) is 14.4 Å². The summed E-state index contributed by atoms with van der Waals surface area (Å²) in [5.74, 6) is -0.139. The van der Waals surface area contributed by atoms with Crippen LogP contribution in [0.5, 0.6) is 0 Å². The molecule has 2 aromatic rings. The number of hydrogen-bond acceptors (Lipinski definition) is 5. The van der Waals surface area contributed by atoms with Crippen LogP contribution in [0.1, 0.15) is 23.0 Å². The SMILES string of the molecule is Cc1[nH]c2ccccc2c1C(=O)[C@@H](C)OC(=O)CN1CCSC1=O. The van der Waals surface area contributed by atoms with Gasteiger partial charge in [0.2, 0.25) is 5.78 Å². The molecule has 1 aliphatic heterocycles. The van der Waals surface area contributed by atoms with Crippen molar-refractivity contribution in [1.82, 2.24) is 9.88 Å². The Labute approximate surface area is 143 Å². The lowest BCUT2D eigenvalue weighted by Crippen LogP contribution is -2.34. The summed E-state index contributed by atoms with van der Waals surface area (Å²) in [5, 5.41) is 0.687. The van der Waals surface area contributed by atoms with Gasteiger partial charge in [-0.25, -0.2) is 0 Å². The van der Waals surface area contributed by atoms with Crippen molar-refractivity contribution in [2.45, 2.75) is 20.0 Å². The summed E-state index contributed by atoms with van der Waals surface area (Å²) >= 11 is 1.18. The van der Waals surface area contributed by atoms with Crippen LogP contribution in [0.4, 0.5) is 4.79 Å². The molecule has 0 unspecified atom stereocenters. The van der Waals surface area contributed by atoms with Gasteiger partial charge in [-0.3, -0.25) is 14.4 Å². The Hall–Kier alpha value is -2.28. The molecular weight excluding hydrogens is 328 g/mol. The molecule has 0 bridgehead atoms. The maximum Gasteiger partial charge on any atom is 0.326 e. The smallest absolute Gasteiger partial charge is 0.326 e. The summed E-state index contributed by atoms with van der Waals surface area (Å²) in [6, 6.07) is 7.51. The van der Waals surface area contributed by atoms with Crippen LogP contribution in [0.3, 0.4) is 0 Å². The van der Waals surface area contributed by atoms with Crippen LogP contribution in [-0.2, 0) is 9.53 Å². The maximum absolute atomic E-state index is 12.7. The average molecular weight is 346 g/mol. The molecule has 24 heavy (non-hydrogen) atoms. The van der Waals surface area contributed by atoms with E-state index in [-0.39, 0.29) is 17.6 Å². The van der Waals surface area contributed by atoms with Gasteiger partial charge in [0.25, 0.3) is 5.24 Å². The Kier molecular flexibility index (Phi) is 4.62. The van der Waals surface area contributed by atoms with Crippen molar-refractivity contribution in [2.24, 2.45) is 0 Å². The van der Waals surface area contributed by atoms with Crippen molar-refractivity contribution in [1.29, 1.82) is 0 Å². The standard InChI is InChI=1S/C17H18N2O4S/c1-10-15(12-5-3-4-6-13(12)18-10)16(21)11(2)23-14(20)9-19-7-8-24-17(19)22/h3-6,11,18H,7-9H2,1-2H3/t11-/m1/s1. The van der Waals surface area contributed by atoms with Crippen molar-refractivity contribution in [3.63, 3.8) is 0 Å². The number of benzene rings is 1. The summed E-state index contributed by atoms with van der Waals surface area (Å²) in [4.78, 5) is 40.8. The highest BCUT2D eigenvalue weighted by molar-refractivity contribution is 8.13. The number of Topliss-reactive ketones (excluding diaryl/α,β-unsaturated/α-hetero) is 1. The third-order valence-electron chi connectivity index (χ3n) is 3.98. The molecule has 1 atom stereocenters. The first-order chi connectivity index (χ1) is 11.5. The van der Waals surface area contributed by atoms with Crippen molar-refractivity contribution in [3.8, 4) is 0 Å². The van der Waals surface area contributed by atoms with E-state index in [1.165, 1.54) is 16.7 Å². The van der Waals surface area contributed by atoms with Gasteiger partial charge in [0.15, 0.2) is 6.10 Å². The first-order valence-electron chi connectivity index (χ1n) is 7.70. The number of amides is 1. The number of fused-ring (bicyclic) bond motifs is 1. The number of aryl methyl sites for hydroxylation is 1. The minimum Gasteiger partial charge on any atom is -0.453 e. The van der Waals surface area contributed by atoms with Crippen molar-refractivity contribution in [2.75, 3.05) is 18.8 Å². The van der Waals surface area contributed by atoms with Gasteiger partial charge in [0, 0.05) is 34.5 Å². The fraction of sp³-hybridized carbons (Fsp3) is 0.353. The van der Waals surface area contributed by atoms with E-state index in [0.717, 1.165) is 16.6 Å². The fourth-order valence-electron chi connectivity index (χ4n) is 2.81. The number of para-hydroxylation sites is 1. The molecular formula is C17H18N2O4S. The number of carbonyl (C=O) groups is 3. The molecule has 1 aromatic carbocycles. The summed E-state index contributed by atoms with van der Waals surface area (Å²) in [5.41, 5.74) is 2.16. The zero-order valence-electron chi connectivity index (χ0n) is 13.5. The predicted molar refractivity (Wildman–Crippen MR) is 92.3 cm³/mol. The highest BCUT2D eigenvalue weighted by Crippen LogP contribution is 2.24. The minimum absolute atomic E-state index is 0.115. The van der Waals surface area contributed by atoms with E-state index >= 15 is 0 Å². The number of esters is 1. The molecule has 6 nitrogen and oxygen atoms in total. The third kappa shape index (κ3) is 3.17. The van der Waals surface area contributed by atoms with Gasteiger partial charge in [0.05, 0.1) is 0 Å². The molecule has 0 saturated carbocycles. The molecule has 1 aliphatic rings. The molecule has 1 fully saturated rings. The molecule has 1 aromatic heterocycles. The summed E-state index contributed by atoms with van der Waals surface area (Å²) in [6.07, 6.45) is -0.902. The molecule has 0 spiro atoms. The number of ether oxygens (including phenoxy) is 1. The van der Waals surface area contributed by atoms with Crippen molar-refractivity contribution < 1.29 is 19.1 Å². The zero-order valence-corrected chi connectivity index (χ0v) is 14.3. The second-order valence-corrected chi connectivity index (χ2v) is 6.75. The molecule has 1 amide bonds. The van der Waals surface area contributed by atoms with Crippen LogP contribution in [0.25, 0.3) is 10.9 Å². The first-order valence-corrected chi connectivity index (χ1v) is 8.68. The van der Waals surface area contributed by atoms with Gasteiger partial charge in [-0.2, -0.15) is 0 Å². The van der Waals surface area contributed by atoms with Crippen LogP contribution < -0.4 is 0 Å². The molecule has 126 valence electrons. The predicted octanol–water partition coefficient (Wildman–Crippen LogP) is 2.76. The Bertz CT molecular complexity index is 814. The monoisotopic (exact) mass is 346 g/mol. The lowest BCUT2D eigenvalue weighted by molar-refractivity contribution is -0.146. The first kappa shape index (κ1) is 16.6. The number of carbonyl (C=O) groups excluding carboxylic acids is 3. The van der Waals surface area contributed by atoms with Crippen LogP contribution in [-0.4, -0.2) is 51.8 Å². The van der Waals surface area contributed by atoms with Crippen LogP contribution in [0, 0.1) is 6.92 Å². The van der Waals surface area contributed by atoms with Gasteiger partial charge in [-0.1, -0.05) is 30.0 Å². The zero-order chi connectivity index (χ0) is 17.3. The normalized spacial score (nSPS) is 15.8. The summed E-state index contributed by atoms with van der Waals surface area (Å²) in [7, 11) is 0. The number of nitrogens with one attached hydrogen (secondary N) is 1. The van der Waals surface area contributed by atoms with Gasteiger partial charge in [-0.15, -0.1) is 0 Å². The lowest BCUT2D eigenvalue weighted by atomic mass is 10.0.